The van der Waals surface area contributed by atoms with Crippen molar-refractivity contribution in [3.05, 3.63) is 46.6 Å². The van der Waals surface area contributed by atoms with Crippen molar-refractivity contribution in [1.29, 1.82) is 0 Å². The maximum Gasteiger partial charge on any atom is 0.228 e. The highest BCUT2D eigenvalue weighted by Gasteiger charge is 2.23. The second-order valence-corrected chi connectivity index (χ2v) is 8.30. The van der Waals surface area contributed by atoms with Crippen LogP contribution in [0.25, 0.3) is 0 Å². The van der Waals surface area contributed by atoms with Crippen molar-refractivity contribution in [1.82, 2.24) is 25.3 Å². The second kappa shape index (κ2) is 13.0. The zero-order valence-corrected chi connectivity index (χ0v) is 22.0. The average Bonchev–Trinajstić information content (AvgIpc) is 3.23. The molecule has 3 rings (SSSR count). The molecule has 0 bridgehead atoms. The highest BCUT2D eigenvalue weighted by Crippen LogP contribution is 2.13. The van der Waals surface area contributed by atoms with E-state index in [4.69, 9.17) is 21.1 Å². The molecule has 8 nitrogen and oxygen atoms in total. The third kappa shape index (κ3) is 7.61. The molecule has 0 aliphatic carbocycles. The monoisotopic (exact) mass is 574 g/mol. The van der Waals surface area contributed by atoms with E-state index in [-0.39, 0.29) is 35.8 Å². The van der Waals surface area contributed by atoms with Crippen molar-refractivity contribution in [2.75, 3.05) is 39.3 Å². The highest BCUT2D eigenvalue weighted by molar-refractivity contribution is 14.0. The lowest BCUT2D eigenvalue weighted by Crippen LogP contribution is -2.54. The quantitative estimate of drug-likeness (QED) is 0.310. The van der Waals surface area contributed by atoms with Crippen LogP contribution in [0, 0.1) is 0 Å². The first-order chi connectivity index (χ1) is 15.0. The Kier molecular flexibility index (Phi) is 10.7. The number of hydrogen-bond acceptors (Lipinski definition) is 5. The zero-order chi connectivity index (χ0) is 22.2. The van der Waals surface area contributed by atoms with Crippen molar-refractivity contribution in [2.45, 2.75) is 39.5 Å². The van der Waals surface area contributed by atoms with Crippen LogP contribution in [-0.2, 0) is 17.6 Å². The minimum absolute atomic E-state index is 0. The third-order valence-electron chi connectivity index (χ3n) is 5.10. The predicted molar refractivity (Wildman–Crippen MR) is 137 cm³/mol. The molecular weight excluding hydrogens is 543 g/mol. The standard InChI is InChI=1S/C22H31ClN6O2.HI/c1-4-24-22(25-9-8-19-26-21(16(2)3)27-31-19)29-12-10-28(11-13-29)20(30)15-17-6-5-7-18(23)14-17;/h5-7,14,16H,4,8-13,15H2,1-3H3,(H,24,25);1H. The first kappa shape index (κ1) is 26.4. The van der Waals surface area contributed by atoms with E-state index in [1.165, 1.54) is 0 Å². The fraction of sp³-hybridized carbons (Fsp3) is 0.545. The van der Waals surface area contributed by atoms with Crippen LogP contribution in [0.15, 0.2) is 33.8 Å². The molecule has 176 valence electrons. The molecule has 32 heavy (non-hydrogen) atoms. The zero-order valence-electron chi connectivity index (χ0n) is 18.9. The average molecular weight is 575 g/mol. The molecule has 1 aromatic carbocycles. The molecule has 2 heterocycles. The highest BCUT2D eigenvalue weighted by atomic mass is 127. The number of carbonyl (C=O) groups excluding carboxylic acids is 1. The Morgan fingerprint density at radius 1 is 1.25 bits per heavy atom. The van der Waals surface area contributed by atoms with Gasteiger partial charge in [-0.25, -0.2) is 0 Å². The minimum atomic E-state index is 0. The minimum Gasteiger partial charge on any atom is -0.357 e. The van der Waals surface area contributed by atoms with Crippen LogP contribution in [0.5, 0.6) is 0 Å². The normalized spacial score (nSPS) is 14.5. The molecular formula is C22H32ClIN6O2. The summed E-state index contributed by atoms with van der Waals surface area (Å²) in [6, 6.07) is 7.47. The summed E-state index contributed by atoms with van der Waals surface area (Å²) in [5.74, 6) is 2.56. The number of nitrogens with one attached hydrogen (secondary N) is 1. The summed E-state index contributed by atoms with van der Waals surface area (Å²) in [6.45, 7) is 10.3. The number of rotatable bonds is 7. The van der Waals surface area contributed by atoms with E-state index in [2.05, 4.69) is 20.4 Å². The topological polar surface area (TPSA) is 86.9 Å². The fourth-order valence-corrected chi connectivity index (χ4v) is 3.60. The number of aliphatic imine (C=N–C) groups is 1. The van der Waals surface area contributed by atoms with Gasteiger partial charge in [-0.15, -0.1) is 24.0 Å². The second-order valence-electron chi connectivity index (χ2n) is 7.86. The molecule has 1 amide bonds. The van der Waals surface area contributed by atoms with Gasteiger partial charge in [0.15, 0.2) is 11.8 Å². The molecule has 1 N–H and O–H groups in total. The lowest BCUT2D eigenvalue weighted by Gasteiger charge is -2.36. The summed E-state index contributed by atoms with van der Waals surface area (Å²) >= 11 is 6.03. The number of carbonyl (C=O) groups is 1. The molecule has 0 unspecified atom stereocenters. The van der Waals surface area contributed by atoms with Gasteiger partial charge in [-0.2, -0.15) is 4.98 Å². The molecule has 0 radical (unpaired) electrons. The Balaban J connectivity index is 0.00000363. The molecule has 1 fully saturated rings. The van der Waals surface area contributed by atoms with Crippen molar-refractivity contribution in [3.8, 4) is 0 Å². The summed E-state index contributed by atoms with van der Waals surface area (Å²) < 4.78 is 5.29. The molecule has 1 aliphatic heterocycles. The number of aromatic nitrogens is 2. The van der Waals surface area contributed by atoms with Crippen LogP contribution in [0.4, 0.5) is 0 Å². The number of benzene rings is 1. The Bertz CT molecular complexity index is 896. The van der Waals surface area contributed by atoms with Crippen LogP contribution in [-0.4, -0.2) is 71.1 Å². The lowest BCUT2D eigenvalue weighted by atomic mass is 10.1. The smallest absolute Gasteiger partial charge is 0.228 e. The number of halogens is 2. The van der Waals surface area contributed by atoms with Gasteiger partial charge in [0.1, 0.15) is 0 Å². The molecule has 1 saturated heterocycles. The van der Waals surface area contributed by atoms with E-state index in [1.54, 1.807) is 0 Å². The first-order valence-corrected chi connectivity index (χ1v) is 11.2. The van der Waals surface area contributed by atoms with Crippen LogP contribution in [0.2, 0.25) is 5.02 Å². The van der Waals surface area contributed by atoms with Gasteiger partial charge in [0.05, 0.1) is 13.0 Å². The summed E-state index contributed by atoms with van der Waals surface area (Å²) in [6.07, 6.45) is 0.976. The third-order valence-corrected chi connectivity index (χ3v) is 5.33. The van der Waals surface area contributed by atoms with Gasteiger partial charge in [0.2, 0.25) is 11.8 Å². The summed E-state index contributed by atoms with van der Waals surface area (Å²) in [5, 5.41) is 7.99. The van der Waals surface area contributed by atoms with Gasteiger partial charge >= 0.3 is 0 Å². The molecule has 0 saturated carbocycles. The van der Waals surface area contributed by atoms with Crippen molar-refractivity contribution >= 4 is 47.4 Å². The summed E-state index contributed by atoms with van der Waals surface area (Å²) in [4.78, 5) is 25.9. The molecule has 2 aromatic rings. The van der Waals surface area contributed by atoms with E-state index >= 15 is 0 Å². The SMILES string of the molecule is CCNC(=NCCc1nc(C(C)C)no1)N1CCN(C(=O)Cc2cccc(Cl)c2)CC1.I. The van der Waals surface area contributed by atoms with Crippen LogP contribution in [0.3, 0.4) is 0 Å². The molecule has 0 spiro atoms. The van der Waals surface area contributed by atoms with Crippen LogP contribution >= 0.6 is 35.6 Å². The van der Waals surface area contributed by atoms with Crippen molar-refractivity contribution in [3.63, 3.8) is 0 Å². The fourth-order valence-electron chi connectivity index (χ4n) is 3.39. The van der Waals surface area contributed by atoms with Crippen molar-refractivity contribution < 1.29 is 9.32 Å². The lowest BCUT2D eigenvalue weighted by molar-refractivity contribution is -0.131. The number of amides is 1. The van der Waals surface area contributed by atoms with Gasteiger partial charge in [-0.1, -0.05) is 42.7 Å². The van der Waals surface area contributed by atoms with Gasteiger partial charge in [0.25, 0.3) is 0 Å². The Morgan fingerprint density at radius 2 is 1.97 bits per heavy atom. The van der Waals surface area contributed by atoms with E-state index in [9.17, 15) is 4.79 Å². The summed E-state index contributed by atoms with van der Waals surface area (Å²) in [7, 11) is 0. The molecule has 1 aliphatic rings. The Morgan fingerprint density at radius 3 is 2.59 bits per heavy atom. The molecule has 10 heteroatoms. The Hall–Kier alpha value is -1.88. The van der Waals surface area contributed by atoms with Crippen LogP contribution < -0.4 is 5.32 Å². The van der Waals surface area contributed by atoms with Crippen LogP contribution in [0.1, 0.15) is 44.0 Å². The molecule has 0 atom stereocenters. The largest absolute Gasteiger partial charge is 0.357 e. The number of guanidine groups is 1. The maximum absolute atomic E-state index is 12.7. The van der Waals surface area contributed by atoms with Gasteiger partial charge in [0, 0.05) is 50.1 Å². The van der Waals surface area contributed by atoms with Crippen molar-refractivity contribution in [2.24, 2.45) is 4.99 Å². The summed E-state index contributed by atoms with van der Waals surface area (Å²) in [5.41, 5.74) is 0.941. The number of nitrogens with zero attached hydrogens (tertiary/aromatic N) is 5. The van der Waals surface area contributed by atoms with Gasteiger partial charge in [-0.3, -0.25) is 9.79 Å². The Labute approximate surface area is 211 Å². The van der Waals surface area contributed by atoms with E-state index < -0.39 is 0 Å². The van der Waals surface area contributed by atoms with Gasteiger partial charge < -0.3 is 19.6 Å². The van der Waals surface area contributed by atoms with E-state index in [0.29, 0.717) is 43.4 Å². The predicted octanol–water partition coefficient (Wildman–Crippen LogP) is 3.36. The number of piperazine rings is 1. The molecule has 1 aromatic heterocycles. The van der Waals surface area contributed by atoms with E-state index in [0.717, 1.165) is 37.0 Å². The maximum atomic E-state index is 12.7. The number of hydrogen-bond donors (Lipinski definition) is 1. The first-order valence-electron chi connectivity index (χ1n) is 10.8. The van der Waals surface area contributed by atoms with E-state index in [1.807, 2.05) is 49.9 Å². The van der Waals surface area contributed by atoms with Gasteiger partial charge in [-0.05, 0) is 24.6 Å².